The minimum Gasteiger partial charge on any atom is -0.466 e. The molecule has 0 bridgehead atoms. The van der Waals surface area contributed by atoms with Crippen LogP contribution in [0.4, 0.5) is 5.69 Å². The Kier molecular flexibility index (Phi) is 15.9. The second kappa shape index (κ2) is 18.3. The van der Waals surface area contributed by atoms with Crippen molar-refractivity contribution < 1.29 is 9.53 Å². The number of hydrogen-bond donors (Lipinski definition) is 1. The number of anilines is 1. The summed E-state index contributed by atoms with van der Waals surface area (Å²) in [4.78, 5) is 11.4. The van der Waals surface area contributed by atoms with Gasteiger partial charge in [-0.15, -0.1) is 0 Å². The van der Waals surface area contributed by atoms with Gasteiger partial charge in [0.25, 0.3) is 0 Å². The van der Waals surface area contributed by atoms with E-state index in [0.29, 0.717) is 13.0 Å². The average molecular weight is 402 g/mol. The van der Waals surface area contributed by atoms with Crippen LogP contribution in [-0.2, 0) is 16.0 Å². The fourth-order valence-corrected chi connectivity index (χ4v) is 3.35. The summed E-state index contributed by atoms with van der Waals surface area (Å²) < 4.78 is 4.96. The van der Waals surface area contributed by atoms with E-state index < -0.39 is 0 Å². The molecule has 0 unspecified atom stereocenters. The minimum atomic E-state index is -0.120. The molecule has 0 radical (unpaired) electrons. The third-order valence-corrected chi connectivity index (χ3v) is 5.14. The fourth-order valence-electron chi connectivity index (χ4n) is 3.35. The van der Waals surface area contributed by atoms with Gasteiger partial charge in [0.1, 0.15) is 0 Å². The van der Waals surface area contributed by atoms with Crippen molar-refractivity contribution in [3.8, 4) is 0 Å². The molecule has 0 aliphatic rings. The van der Waals surface area contributed by atoms with E-state index in [9.17, 15) is 4.79 Å². The Morgan fingerprint density at radius 3 is 2.14 bits per heavy atom. The number of esters is 1. The molecule has 0 saturated heterocycles. The molecule has 1 aromatic carbocycles. The Hall–Kier alpha value is -1.77. The van der Waals surface area contributed by atoms with Crippen LogP contribution < -0.4 is 5.32 Å². The number of allylic oxidation sites excluding steroid dienone is 2. The maximum atomic E-state index is 11.4. The first-order valence-electron chi connectivity index (χ1n) is 11.9. The molecule has 1 N–H and O–H groups in total. The van der Waals surface area contributed by atoms with Gasteiger partial charge in [0.05, 0.1) is 6.61 Å². The highest BCUT2D eigenvalue weighted by molar-refractivity contribution is 5.69. The number of carbonyl (C=O) groups is 1. The first kappa shape index (κ1) is 25.3. The van der Waals surface area contributed by atoms with Crippen molar-refractivity contribution in [1.82, 2.24) is 0 Å². The van der Waals surface area contributed by atoms with Gasteiger partial charge in [-0.1, -0.05) is 76.2 Å². The van der Waals surface area contributed by atoms with E-state index in [4.69, 9.17) is 4.74 Å². The van der Waals surface area contributed by atoms with E-state index in [-0.39, 0.29) is 5.97 Å². The number of hydrogen-bond acceptors (Lipinski definition) is 3. The summed E-state index contributed by atoms with van der Waals surface area (Å²) in [7, 11) is 0. The molecule has 29 heavy (non-hydrogen) atoms. The van der Waals surface area contributed by atoms with Gasteiger partial charge >= 0.3 is 5.97 Å². The summed E-state index contributed by atoms with van der Waals surface area (Å²) in [6.45, 7) is 5.56. The second-order valence-corrected chi connectivity index (χ2v) is 7.81. The molecule has 0 aromatic heterocycles. The third kappa shape index (κ3) is 14.8. The Balaban J connectivity index is 1.97. The lowest BCUT2D eigenvalue weighted by Gasteiger charge is -2.07. The predicted octanol–water partition coefficient (Wildman–Crippen LogP) is 7.46. The van der Waals surface area contributed by atoms with E-state index >= 15 is 0 Å². The molecule has 0 saturated carbocycles. The standard InChI is InChI=1S/C26H43NO2/c1-3-5-6-7-8-9-10-11-12-13-14-15-16-23-27-25-20-17-24(18-21-25)19-22-26(28)29-4-2/h13-14,17-18,20-21,27H,3-12,15-16,19,22-23H2,1-2H3. The van der Waals surface area contributed by atoms with E-state index in [1.165, 1.54) is 63.4 Å². The highest BCUT2D eigenvalue weighted by atomic mass is 16.5. The van der Waals surface area contributed by atoms with Crippen molar-refractivity contribution in [2.24, 2.45) is 0 Å². The zero-order chi connectivity index (χ0) is 21.0. The number of benzene rings is 1. The van der Waals surface area contributed by atoms with Crippen LogP contribution in [0.2, 0.25) is 0 Å². The zero-order valence-electron chi connectivity index (χ0n) is 18.9. The van der Waals surface area contributed by atoms with Gasteiger partial charge in [0, 0.05) is 18.7 Å². The van der Waals surface area contributed by atoms with Crippen LogP contribution in [0.3, 0.4) is 0 Å². The molecule has 0 fully saturated rings. The smallest absolute Gasteiger partial charge is 0.306 e. The quantitative estimate of drug-likeness (QED) is 0.158. The van der Waals surface area contributed by atoms with Crippen LogP contribution >= 0.6 is 0 Å². The number of nitrogens with one attached hydrogen (secondary N) is 1. The number of carbonyl (C=O) groups excluding carboxylic acids is 1. The summed E-state index contributed by atoms with van der Waals surface area (Å²) in [6, 6.07) is 8.37. The van der Waals surface area contributed by atoms with E-state index in [2.05, 4.69) is 48.7 Å². The summed E-state index contributed by atoms with van der Waals surface area (Å²) in [5, 5.41) is 3.47. The lowest BCUT2D eigenvalue weighted by Crippen LogP contribution is -2.05. The lowest BCUT2D eigenvalue weighted by atomic mass is 10.1. The molecule has 0 aliphatic carbocycles. The van der Waals surface area contributed by atoms with Gasteiger partial charge in [-0.25, -0.2) is 0 Å². The van der Waals surface area contributed by atoms with Crippen LogP contribution in [0.5, 0.6) is 0 Å². The molecule has 0 amide bonds. The van der Waals surface area contributed by atoms with Crippen molar-refractivity contribution >= 4 is 11.7 Å². The predicted molar refractivity (Wildman–Crippen MR) is 125 cm³/mol. The van der Waals surface area contributed by atoms with Gasteiger partial charge in [0.15, 0.2) is 0 Å². The Morgan fingerprint density at radius 1 is 0.862 bits per heavy atom. The zero-order valence-corrected chi connectivity index (χ0v) is 18.9. The normalized spacial score (nSPS) is 11.1. The molecule has 3 nitrogen and oxygen atoms in total. The number of rotatable bonds is 18. The van der Waals surface area contributed by atoms with Crippen molar-refractivity contribution in [2.45, 2.75) is 97.3 Å². The van der Waals surface area contributed by atoms with Gasteiger partial charge in [-0.05, 0) is 56.7 Å². The SMILES string of the molecule is CCCCCCCCCCC=CCCCNc1ccc(CCC(=O)OCC)cc1. The van der Waals surface area contributed by atoms with Crippen molar-refractivity contribution in [3.63, 3.8) is 0 Å². The molecule has 3 heteroatoms. The highest BCUT2D eigenvalue weighted by Crippen LogP contribution is 2.12. The summed E-state index contributed by atoms with van der Waals surface area (Å²) in [5.41, 5.74) is 2.32. The molecular formula is C26H43NO2. The fraction of sp³-hybridized carbons (Fsp3) is 0.654. The van der Waals surface area contributed by atoms with E-state index in [0.717, 1.165) is 31.5 Å². The van der Waals surface area contributed by atoms with Crippen LogP contribution in [-0.4, -0.2) is 19.1 Å². The van der Waals surface area contributed by atoms with Gasteiger partial charge in [-0.2, -0.15) is 0 Å². The van der Waals surface area contributed by atoms with Crippen molar-refractivity contribution in [3.05, 3.63) is 42.0 Å². The molecule has 0 spiro atoms. The lowest BCUT2D eigenvalue weighted by molar-refractivity contribution is -0.143. The summed E-state index contributed by atoms with van der Waals surface area (Å²) in [5.74, 6) is -0.120. The van der Waals surface area contributed by atoms with Gasteiger partial charge in [0.2, 0.25) is 0 Å². The molecule has 1 aromatic rings. The minimum absolute atomic E-state index is 0.120. The molecular weight excluding hydrogens is 358 g/mol. The van der Waals surface area contributed by atoms with Crippen LogP contribution in [0.1, 0.15) is 96.5 Å². The first-order valence-corrected chi connectivity index (χ1v) is 11.9. The van der Waals surface area contributed by atoms with Crippen molar-refractivity contribution in [2.75, 3.05) is 18.5 Å². The Morgan fingerprint density at radius 2 is 1.48 bits per heavy atom. The van der Waals surface area contributed by atoms with Gasteiger partial charge < -0.3 is 10.1 Å². The summed E-state index contributed by atoms with van der Waals surface area (Å²) in [6.07, 6.45) is 20.5. The average Bonchev–Trinajstić information content (AvgIpc) is 2.73. The van der Waals surface area contributed by atoms with Crippen LogP contribution in [0.15, 0.2) is 36.4 Å². The first-order chi connectivity index (χ1) is 14.3. The van der Waals surface area contributed by atoms with Crippen LogP contribution in [0, 0.1) is 0 Å². The van der Waals surface area contributed by atoms with E-state index in [1.54, 1.807) is 0 Å². The Labute approximate surface area is 179 Å². The highest BCUT2D eigenvalue weighted by Gasteiger charge is 2.02. The topological polar surface area (TPSA) is 38.3 Å². The number of unbranched alkanes of at least 4 members (excludes halogenated alkanes) is 9. The third-order valence-electron chi connectivity index (χ3n) is 5.14. The Bertz CT molecular complexity index is 536. The summed E-state index contributed by atoms with van der Waals surface area (Å²) >= 11 is 0. The molecule has 0 aliphatic heterocycles. The second-order valence-electron chi connectivity index (χ2n) is 7.81. The number of aryl methyl sites for hydroxylation is 1. The maximum Gasteiger partial charge on any atom is 0.306 e. The maximum absolute atomic E-state index is 11.4. The molecule has 0 heterocycles. The van der Waals surface area contributed by atoms with Gasteiger partial charge in [-0.3, -0.25) is 4.79 Å². The number of ether oxygens (including phenoxy) is 1. The van der Waals surface area contributed by atoms with Crippen LogP contribution in [0.25, 0.3) is 0 Å². The molecule has 164 valence electrons. The largest absolute Gasteiger partial charge is 0.466 e. The monoisotopic (exact) mass is 401 g/mol. The van der Waals surface area contributed by atoms with Crippen molar-refractivity contribution in [1.29, 1.82) is 0 Å². The molecule has 0 atom stereocenters. The van der Waals surface area contributed by atoms with E-state index in [1.807, 2.05) is 6.92 Å². The molecule has 1 rings (SSSR count).